The van der Waals surface area contributed by atoms with Crippen LogP contribution in [0.3, 0.4) is 0 Å². The maximum atomic E-state index is 6.09. The molecule has 0 atom stereocenters. The summed E-state index contributed by atoms with van der Waals surface area (Å²) in [6.45, 7) is 8.37. The van der Waals surface area contributed by atoms with Gasteiger partial charge in [0.15, 0.2) is 0 Å². The van der Waals surface area contributed by atoms with Gasteiger partial charge in [0.25, 0.3) is 0 Å². The van der Waals surface area contributed by atoms with Crippen molar-refractivity contribution in [3.05, 3.63) is 48.8 Å². The van der Waals surface area contributed by atoms with E-state index in [1.807, 2.05) is 35.3 Å². The first-order chi connectivity index (χ1) is 11.4. The molecular weight excluding hydrogens is 314 g/mol. The van der Waals surface area contributed by atoms with Gasteiger partial charge in [0.2, 0.25) is 0 Å². The van der Waals surface area contributed by atoms with Gasteiger partial charge >= 0.3 is 0 Å². The highest BCUT2D eigenvalue weighted by atomic mass is 28.3. The predicted molar refractivity (Wildman–Crippen MR) is 104 cm³/mol. The number of rotatable bonds is 6. The van der Waals surface area contributed by atoms with Crippen LogP contribution in [-0.4, -0.2) is 24.5 Å². The number of hydrogen-bond acceptors (Lipinski definition) is 3. The zero-order valence-corrected chi connectivity index (χ0v) is 15.6. The van der Waals surface area contributed by atoms with Gasteiger partial charge in [0, 0.05) is 37.5 Å². The van der Waals surface area contributed by atoms with Gasteiger partial charge in [-0.05, 0) is 23.1 Å². The smallest absolute Gasteiger partial charge is 0.139 e. The molecule has 0 amide bonds. The second kappa shape index (κ2) is 6.79. The van der Waals surface area contributed by atoms with Crippen LogP contribution in [0.4, 0.5) is 5.69 Å². The van der Waals surface area contributed by atoms with Gasteiger partial charge in [-0.2, -0.15) is 5.10 Å². The van der Waals surface area contributed by atoms with E-state index in [4.69, 9.17) is 10.5 Å². The largest absolute Gasteiger partial charge is 0.398 e. The number of benzene rings is 2. The molecule has 1 heterocycles. The van der Waals surface area contributed by atoms with Crippen molar-refractivity contribution >= 4 is 24.5 Å². The molecule has 0 unspecified atom stereocenters. The monoisotopic (exact) mass is 339 g/mol. The lowest BCUT2D eigenvalue weighted by Crippen LogP contribution is -2.22. The van der Waals surface area contributed by atoms with Crippen molar-refractivity contribution in [2.75, 3.05) is 12.3 Å². The van der Waals surface area contributed by atoms with Crippen molar-refractivity contribution in [3.8, 4) is 11.1 Å². The third kappa shape index (κ3) is 3.86. The van der Waals surface area contributed by atoms with E-state index in [9.17, 15) is 0 Å². The Kier molecular flexibility index (Phi) is 4.73. The van der Waals surface area contributed by atoms with Gasteiger partial charge in [-0.1, -0.05) is 50.0 Å². The normalized spacial score (nSPS) is 12.0. The zero-order valence-electron chi connectivity index (χ0n) is 14.6. The Morgan fingerprint density at radius 1 is 1.08 bits per heavy atom. The van der Waals surface area contributed by atoms with Crippen molar-refractivity contribution < 1.29 is 4.74 Å². The highest BCUT2D eigenvalue weighted by Gasteiger charge is 2.12. The Morgan fingerprint density at radius 2 is 1.83 bits per heavy atom. The van der Waals surface area contributed by atoms with Crippen molar-refractivity contribution in [2.24, 2.45) is 0 Å². The quantitative estimate of drug-likeness (QED) is 0.406. The number of fused-ring (bicyclic) bond motifs is 1. The highest BCUT2D eigenvalue weighted by Crippen LogP contribution is 2.31. The van der Waals surface area contributed by atoms with Crippen molar-refractivity contribution in [3.63, 3.8) is 0 Å². The van der Waals surface area contributed by atoms with Crippen molar-refractivity contribution in [2.45, 2.75) is 32.4 Å². The first-order valence-electron chi connectivity index (χ1n) is 8.32. The summed E-state index contributed by atoms with van der Waals surface area (Å²) in [6.07, 6.45) is 3.92. The molecule has 0 aliphatic carbocycles. The van der Waals surface area contributed by atoms with Crippen LogP contribution in [0.15, 0.2) is 48.8 Å². The molecule has 0 saturated heterocycles. The highest BCUT2D eigenvalue weighted by molar-refractivity contribution is 6.76. The molecule has 126 valence electrons. The number of nitrogen functional groups attached to an aromatic ring is 1. The van der Waals surface area contributed by atoms with E-state index in [2.05, 4.69) is 42.9 Å². The van der Waals surface area contributed by atoms with Gasteiger partial charge in [0.1, 0.15) is 6.73 Å². The third-order valence-corrected chi connectivity index (χ3v) is 5.83. The summed E-state index contributed by atoms with van der Waals surface area (Å²) in [7, 11) is -1.05. The molecule has 0 bridgehead atoms. The fourth-order valence-electron chi connectivity index (χ4n) is 2.68. The molecule has 1 aromatic heterocycles. The molecule has 2 N–H and O–H groups in total. The first kappa shape index (κ1) is 16.7. The lowest BCUT2D eigenvalue weighted by molar-refractivity contribution is 0.0786. The number of aromatic nitrogens is 2. The molecule has 24 heavy (non-hydrogen) atoms. The molecule has 0 spiro atoms. The van der Waals surface area contributed by atoms with E-state index >= 15 is 0 Å². The van der Waals surface area contributed by atoms with Gasteiger partial charge in [0.05, 0.1) is 6.20 Å². The summed E-state index contributed by atoms with van der Waals surface area (Å²) >= 11 is 0. The predicted octanol–water partition coefficient (Wildman–Crippen LogP) is 4.60. The Bertz CT molecular complexity index is 836. The van der Waals surface area contributed by atoms with Gasteiger partial charge in [-0.15, -0.1) is 0 Å². The van der Waals surface area contributed by atoms with E-state index < -0.39 is 8.07 Å². The number of hydrogen-bond donors (Lipinski definition) is 1. The number of anilines is 1. The summed E-state index contributed by atoms with van der Waals surface area (Å²) < 4.78 is 7.62. The topological polar surface area (TPSA) is 53.1 Å². The molecule has 3 aromatic rings. The van der Waals surface area contributed by atoms with Crippen LogP contribution in [-0.2, 0) is 11.5 Å². The van der Waals surface area contributed by atoms with Crippen molar-refractivity contribution in [1.82, 2.24) is 9.78 Å². The molecule has 3 rings (SSSR count). The average Bonchev–Trinajstić information content (AvgIpc) is 3.00. The lowest BCUT2D eigenvalue weighted by Gasteiger charge is -2.15. The number of nitrogens with two attached hydrogens (primary N) is 1. The third-order valence-electron chi connectivity index (χ3n) is 4.12. The van der Waals surface area contributed by atoms with Crippen LogP contribution >= 0.6 is 0 Å². The van der Waals surface area contributed by atoms with Gasteiger partial charge < -0.3 is 10.5 Å². The van der Waals surface area contributed by atoms with E-state index in [0.717, 1.165) is 34.2 Å². The van der Waals surface area contributed by atoms with Crippen LogP contribution < -0.4 is 5.73 Å². The average molecular weight is 340 g/mol. The fourth-order valence-corrected chi connectivity index (χ4v) is 3.44. The van der Waals surface area contributed by atoms with Gasteiger partial charge in [-0.3, -0.25) is 0 Å². The second-order valence-corrected chi connectivity index (χ2v) is 13.0. The van der Waals surface area contributed by atoms with Crippen LogP contribution in [0, 0.1) is 0 Å². The minimum atomic E-state index is -1.05. The number of ether oxygens (including phenoxy) is 1. The summed E-state index contributed by atoms with van der Waals surface area (Å²) in [5.41, 5.74) is 9.12. The molecule has 4 nitrogen and oxygen atoms in total. The summed E-state index contributed by atoms with van der Waals surface area (Å²) in [5.74, 6) is 0. The summed E-state index contributed by atoms with van der Waals surface area (Å²) in [6, 6.07) is 13.4. The minimum Gasteiger partial charge on any atom is -0.398 e. The molecule has 2 aromatic carbocycles. The van der Waals surface area contributed by atoms with Crippen LogP contribution in [0.2, 0.25) is 25.7 Å². The molecule has 0 aliphatic rings. The van der Waals surface area contributed by atoms with Crippen molar-refractivity contribution in [1.29, 1.82) is 0 Å². The zero-order chi connectivity index (χ0) is 17.2. The molecular formula is C19H25N3OSi. The maximum Gasteiger partial charge on any atom is 0.139 e. The van der Waals surface area contributed by atoms with Crippen LogP contribution in [0.5, 0.6) is 0 Å². The van der Waals surface area contributed by atoms with Gasteiger partial charge in [-0.25, -0.2) is 4.68 Å². The van der Waals surface area contributed by atoms with Crippen LogP contribution in [0.1, 0.15) is 0 Å². The fraction of sp³-hybridized carbons (Fsp3) is 0.316. The molecule has 0 aliphatic heterocycles. The number of nitrogens with zero attached hydrogens (tertiary/aromatic N) is 2. The van der Waals surface area contributed by atoms with E-state index in [-0.39, 0.29) is 0 Å². The second-order valence-electron chi connectivity index (χ2n) is 7.36. The Labute approximate surface area is 144 Å². The molecule has 0 saturated carbocycles. The Morgan fingerprint density at radius 3 is 2.58 bits per heavy atom. The standard InChI is InChI=1S/C19H25N3OSi/c1-24(2,3)11-10-23-14-22-13-15(12-21-22)16-8-9-19(20)18-7-5-4-6-17(16)18/h4-9,12-13H,10-11,14,20H2,1-3H3. The molecule has 5 heteroatoms. The first-order valence-corrected chi connectivity index (χ1v) is 12.0. The Balaban J connectivity index is 1.76. The SMILES string of the molecule is C[Si](C)(C)CCOCn1cc(-c2ccc(N)c3ccccc23)cn1. The van der Waals surface area contributed by atoms with E-state index in [1.165, 1.54) is 6.04 Å². The van der Waals surface area contributed by atoms with Crippen LogP contribution in [0.25, 0.3) is 21.9 Å². The maximum absolute atomic E-state index is 6.09. The summed E-state index contributed by atoms with van der Waals surface area (Å²) in [4.78, 5) is 0. The Hall–Kier alpha value is -2.11. The van der Waals surface area contributed by atoms with E-state index in [1.54, 1.807) is 0 Å². The molecule has 0 radical (unpaired) electrons. The summed E-state index contributed by atoms with van der Waals surface area (Å²) in [5, 5.41) is 6.66. The minimum absolute atomic E-state index is 0.497. The lowest BCUT2D eigenvalue weighted by atomic mass is 9.99. The molecule has 0 fully saturated rings. The van der Waals surface area contributed by atoms with E-state index in [0.29, 0.717) is 6.73 Å².